The van der Waals surface area contributed by atoms with E-state index >= 15 is 0 Å². The average molecular weight is 384 g/mol. The normalized spacial score (nSPS) is 14.9. The highest BCUT2D eigenvalue weighted by molar-refractivity contribution is 7.92. The summed E-state index contributed by atoms with van der Waals surface area (Å²) in [7, 11) is -2.04. The van der Waals surface area contributed by atoms with Crippen LogP contribution < -0.4 is 4.74 Å². The van der Waals surface area contributed by atoms with E-state index in [9.17, 15) is 17.6 Å². The number of carbonyl (C=O) groups is 1. The van der Waals surface area contributed by atoms with E-state index in [1.165, 1.54) is 30.2 Å². The second kappa shape index (κ2) is 6.65. The number of nitrogens with zero attached hydrogens (tertiary/aromatic N) is 1. The number of benzene rings is 2. The fourth-order valence-electron chi connectivity index (χ4n) is 2.59. The molecular weight excluding hydrogens is 369 g/mol. The molecule has 0 radical (unpaired) electrons. The SMILES string of the molecule is COc1ccc(S(=O)(=O)C2CN(C(=O)c3ccc(F)cc3Cl)C2)cc1. The molecule has 2 aromatic rings. The molecule has 2 aromatic carbocycles. The first kappa shape index (κ1) is 17.7. The van der Waals surface area contributed by atoms with Gasteiger partial charge in [-0.15, -0.1) is 0 Å². The van der Waals surface area contributed by atoms with Crippen molar-refractivity contribution in [3.8, 4) is 5.75 Å². The van der Waals surface area contributed by atoms with Gasteiger partial charge in [-0.05, 0) is 42.5 Å². The van der Waals surface area contributed by atoms with Gasteiger partial charge >= 0.3 is 0 Å². The fraction of sp³-hybridized carbons (Fsp3) is 0.235. The lowest BCUT2D eigenvalue weighted by molar-refractivity contribution is 0.0659. The first-order valence-corrected chi connectivity index (χ1v) is 9.37. The number of carbonyl (C=O) groups excluding carboxylic acids is 1. The van der Waals surface area contributed by atoms with E-state index in [0.29, 0.717) is 5.75 Å². The van der Waals surface area contributed by atoms with Crippen LogP contribution in [0.3, 0.4) is 0 Å². The smallest absolute Gasteiger partial charge is 0.255 e. The molecule has 0 spiro atoms. The Bertz CT molecular complexity index is 909. The van der Waals surface area contributed by atoms with Gasteiger partial charge in [0.2, 0.25) is 0 Å². The zero-order chi connectivity index (χ0) is 18.2. The lowest BCUT2D eigenvalue weighted by atomic mass is 10.1. The predicted octanol–water partition coefficient (Wildman–Crippen LogP) is 2.79. The highest BCUT2D eigenvalue weighted by atomic mass is 35.5. The number of likely N-dealkylation sites (tertiary alicyclic amines) is 1. The maximum absolute atomic E-state index is 13.1. The molecule has 0 aliphatic carbocycles. The van der Waals surface area contributed by atoms with E-state index in [4.69, 9.17) is 16.3 Å². The first-order valence-electron chi connectivity index (χ1n) is 7.45. The van der Waals surface area contributed by atoms with Gasteiger partial charge in [0.15, 0.2) is 9.84 Å². The van der Waals surface area contributed by atoms with Crippen molar-refractivity contribution in [1.82, 2.24) is 4.90 Å². The van der Waals surface area contributed by atoms with Crippen LogP contribution in [-0.2, 0) is 9.84 Å². The van der Waals surface area contributed by atoms with Crippen LogP contribution in [0, 0.1) is 5.82 Å². The van der Waals surface area contributed by atoms with Crippen LogP contribution in [0.2, 0.25) is 5.02 Å². The van der Waals surface area contributed by atoms with Crippen molar-refractivity contribution >= 4 is 27.3 Å². The van der Waals surface area contributed by atoms with Crippen LogP contribution in [-0.4, -0.2) is 44.7 Å². The predicted molar refractivity (Wildman–Crippen MR) is 91.3 cm³/mol. The van der Waals surface area contributed by atoms with Gasteiger partial charge < -0.3 is 9.64 Å². The molecule has 1 heterocycles. The molecule has 3 rings (SSSR count). The molecule has 0 N–H and O–H groups in total. The van der Waals surface area contributed by atoms with E-state index in [1.807, 2.05) is 0 Å². The van der Waals surface area contributed by atoms with Crippen molar-refractivity contribution < 1.29 is 22.3 Å². The third-order valence-electron chi connectivity index (χ3n) is 4.12. The maximum atomic E-state index is 13.1. The summed E-state index contributed by atoms with van der Waals surface area (Å²) in [5, 5.41) is -0.671. The molecule has 25 heavy (non-hydrogen) atoms. The molecule has 1 amide bonds. The van der Waals surface area contributed by atoms with Gasteiger partial charge in [0.1, 0.15) is 16.8 Å². The Morgan fingerprint density at radius 3 is 2.40 bits per heavy atom. The summed E-state index contributed by atoms with van der Waals surface area (Å²) in [6.45, 7) is 0.141. The van der Waals surface area contributed by atoms with Crippen LogP contribution >= 0.6 is 11.6 Å². The summed E-state index contributed by atoms with van der Waals surface area (Å²) < 4.78 is 43.2. The molecular formula is C17H15ClFNO4S. The minimum absolute atomic E-state index is 0.00598. The molecule has 1 aliphatic rings. The van der Waals surface area contributed by atoms with Crippen LogP contribution in [0.5, 0.6) is 5.75 Å². The quantitative estimate of drug-likeness (QED) is 0.814. The molecule has 8 heteroatoms. The molecule has 0 aromatic heterocycles. The minimum atomic E-state index is -3.54. The van der Waals surface area contributed by atoms with Gasteiger partial charge in [-0.3, -0.25) is 4.79 Å². The summed E-state index contributed by atoms with van der Waals surface area (Å²) in [5.41, 5.74) is 0.156. The molecule has 1 aliphatic heterocycles. The minimum Gasteiger partial charge on any atom is -0.497 e. The molecule has 132 valence electrons. The van der Waals surface area contributed by atoms with Crippen molar-refractivity contribution in [2.24, 2.45) is 0 Å². The maximum Gasteiger partial charge on any atom is 0.255 e. The number of hydrogen-bond donors (Lipinski definition) is 0. The van der Waals surface area contributed by atoms with E-state index in [-0.39, 0.29) is 28.6 Å². The number of methoxy groups -OCH3 is 1. The Morgan fingerprint density at radius 2 is 1.84 bits per heavy atom. The molecule has 0 saturated carbocycles. The third-order valence-corrected chi connectivity index (χ3v) is 6.54. The van der Waals surface area contributed by atoms with Gasteiger partial charge in [-0.1, -0.05) is 11.6 Å². The van der Waals surface area contributed by atoms with Gasteiger partial charge in [0.25, 0.3) is 5.91 Å². The number of halogens is 2. The standard InChI is InChI=1S/C17H15ClFNO4S/c1-24-12-3-5-13(6-4-12)25(22,23)14-9-20(10-14)17(21)15-7-2-11(19)8-16(15)18/h2-8,14H,9-10H2,1H3. The summed E-state index contributed by atoms with van der Waals surface area (Å²) in [4.78, 5) is 13.9. The molecule has 1 fully saturated rings. The largest absolute Gasteiger partial charge is 0.497 e. The summed E-state index contributed by atoms with van der Waals surface area (Å²) in [5.74, 6) is -0.383. The highest BCUT2D eigenvalue weighted by Crippen LogP contribution is 2.28. The summed E-state index contributed by atoms with van der Waals surface area (Å²) in [6.07, 6.45) is 0. The van der Waals surface area contributed by atoms with Crippen molar-refractivity contribution in [3.05, 3.63) is 58.9 Å². The number of ether oxygens (including phenoxy) is 1. The van der Waals surface area contributed by atoms with Crippen LogP contribution in [0.25, 0.3) is 0 Å². The van der Waals surface area contributed by atoms with Gasteiger partial charge in [-0.25, -0.2) is 12.8 Å². The lowest BCUT2D eigenvalue weighted by Gasteiger charge is -2.38. The molecule has 0 bridgehead atoms. The van der Waals surface area contributed by atoms with Crippen molar-refractivity contribution in [1.29, 1.82) is 0 Å². The lowest BCUT2D eigenvalue weighted by Crippen LogP contribution is -2.56. The highest BCUT2D eigenvalue weighted by Gasteiger charge is 2.41. The zero-order valence-electron chi connectivity index (χ0n) is 13.3. The van der Waals surface area contributed by atoms with Crippen molar-refractivity contribution in [2.75, 3.05) is 20.2 Å². The monoisotopic (exact) mass is 383 g/mol. The number of hydrogen-bond acceptors (Lipinski definition) is 4. The van der Waals surface area contributed by atoms with E-state index in [2.05, 4.69) is 0 Å². The average Bonchev–Trinajstić information content (AvgIpc) is 2.53. The second-order valence-corrected chi connectivity index (χ2v) is 8.31. The Balaban J connectivity index is 1.71. The van der Waals surface area contributed by atoms with Crippen molar-refractivity contribution in [3.63, 3.8) is 0 Å². The van der Waals surface area contributed by atoms with Crippen molar-refractivity contribution in [2.45, 2.75) is 10.1 Å². The van der Waals surface area contributed by atoms with Crippen LogP contribution in [0.15, 0.2) is 47.4 Å². The van der Waals surface area contributed by atoms with Crippen LogP contribution in [0.1, 0.15) is 10.4 Å². The Kier molecular flexibility index (Phi) is 4.71. The first-order chi connectivity index (χ1) is 11.8. The van der Waals surface area contributed by atoms with E-state index < -0.39 is 26.8 Å². The Morgan fingerprint density at radius 1 is 1.20 bits per heavy atom. The summed E-state index contributed by atoms with van der Waals surface area (Å²) >= 11 is 5.88. The van der Waals surface area contributed by atoms with E-state index in [1.54, 1.807) is 12.1 Å². The van der Waals surface area contributed by atoms with E-state index in [0.717, 1.165) is 12.1 Å². The molecule has 0 atom stereocenters. The Hall–Kier alpha value is -2.12. The molecule has 1 saturated heterocycles. The number of rotatable bonds is 4. The Labute approximate surface area is 149 Å². The van der Waals surface area contributed by atoms with Crippen LogP contribution in [0.4, 0.5) is 4.39 Å². The number of amides is 1. The van der Waals surface area contributed by atoms with Gasteiger partial charge in [0, 0.05) is 13.1 Å². The second-order valence-electron chi connectivity index (χ2n) is 5.68. The topological polar surface area (TPSA) is 63.7 Å². The van der Waals surface area contributed by atoms with Gasteiger partial charge in [0.05, 0.1) is 22.6 Å². The molecule has 0 unspecified atom stereocenters. The van der Waals surface area contributed by atoms with Gasteiger partial charge in [-0.2, -0.15) is 0 Å². The zero-order valence-corrected chi connectivity index (χ0v) is 14.8. The summed E-state index contributed by atoms with van der Waals surface area (Å²) in [6, 6.07) is 9.61. The molecule has 5 nitrogen and oxygen atoms in total. The third kappa shape index (κ3) is 3.34. The number of sulfone groups is 1. The fourth-order valence-corrected chi connectivity index (χ4v) is 4.49.